The van der Waals surface area contributed by atoms with E-state index in [9.17, 15) is 18.0 Å². The van der Waals surface area contributed by atoms with Gasteiger partial charge in [0.1, 0.15) is 6.04 Å². The van der Waals surface area contributed by atoms with Crippen LogP contribution in [0.2, 0.25) is 0 Å². The summed E-state index contributed by atoms with van der Waals surface area (Å²) in [5.41, 5.74) is 3.05. The monoisotopic (exact) mass is 491 g/mol. The smallest absolute Gasteiger partial charge is 0.243 e. The Morgan fingerprint density at radius 2 is 2.00 bits per heavy atom. The number of benzene rings is 2. The molecule has 2 N–H and O–H groups in total. The molecule has 1 unspecified atom stereocenters. The molecule has 1 saturated heterocycles. The van der Waals surface area contributed by atoms with E-state index < -0.39 is 16.1 Å². The van der Waals surface area contributed by atoms with Crippen LogP contribution in [-0.4, -0.2) is 37.1 Å². The van der Waals surface area contributed by atoms with E-state index in [0.29, 0.717) is 43.6 Å². The molecular formula is C21H22BrN3O4S. The Balaban J connectivity index is 1.56. The Labute approximate surface area is 184 Å². The van der Waals surface area contributed by atoms with Crippen LogP contribution in [0.15, 0.2) is 45.8 Å². The largest absolute Gasteiger partial charge is 0.326 e. The lowest BCUT2D eigenvalue weighted by atomic mass is 10.0. The Morgan fingerprint density at radius 3 is 2.77 bits per heavy atom. The highest BCUT2D eigenvalue weighted by atomic mass is 79.9. The molecule has 0 saturated carbocycles. The zero-order valence-corrected chi connectivity index (χ0v) is 18.8. The molecule has 0 bridgehead atoms. The molecule has 2 aliphatic heterocycles. The number of aryl methyl sites for hydroxylation is 2. The van der Waals surface area contributed by atoms with Gasteiger partial charge < -0.3 is 10.6 Å². The zero-order valence-electron chi connectivity index (χ0n) is 16.4. The molecule has 158 valence electrons. The third-order valence-electron chi connectivity index (χ3n) is 5.51. The lowest BCUT2D eigenvalue weighted by Crippen LogP contribution is -2.43. The van der Waals surface area contributed by atoms with E-state index in [0.717, 1.165) is 15.6 Å². The van der Waals surface area contributed by atoms with Crippen molar-refractivity contribution in [2.75, 3.05) is 17.2 Å². The Kier molecular flexibility index (Phi) is 5.69. The summed E-state index contributed by atoms with van der Waals surface area (Å²) in [6.45, 7) is 2.22. The van der Waals surface area contributed by atoms with Crippen molar-refractivity contribution in [2.24, 2.45) is 0 Å². The number of anilines is 2. The Morgan fingerprint density at radius 1 is 1.20 bits per heavy atom. The van der Waals surface area contributed by atoms with Gasteiger partial charge in [0, 0.05) is 28.8 Å². The number of carbonyl (C=O) groups is 2. The molecular weight excluding hydrogens is 470 g/mol. The van der Waals surface area contributed by atoms with Gasteiger partial charge in [-0.15, -0.1) is 0 Å². The van der Waals surface area contributed by atoms with E-state index in [2.05, 4.69) is 26.6 Å². The summed E-state index contributed by atoms with van der Waals surface area (Å²) < 4.78 is 28.8. The molecule has 2 aromatic carbocycles. The first-order valence-electron chi connectivity index (χ1n) is 9.77. The number of nitrogens with zero attached hydrogens (tertiary/aromatic N) is 1. The number of carbonyl (C=O) groups excluding carboxylic acids is 2. The van der Waals surface area contributed by atoms with Crippen molar-refractivity contribution in [3.05, 3.63) is 52.0 Å². The standard InChI is InChI=1S/C21H22BrN3O4S/c1-13-11-15(5-7-17(13)22)23-21(27)19-3-2-10-25(19)30(28,29)16-6-8-18-14(12-16)4-9-20(26)24-18/h5-8,11-12,19H,2-4,9-10H2,1H3,(H,23,27)(H,24,26). The van der Waals surface area contributed by atoms with E-state index in [1.807, 2.05) is 19.1 Å². The molecule has 30 heavy (non-hydrogen) atoms. The van der Waals surface area contributed by atoms with Gasteiger partial charge in [-0.1, -0.05) is 15.9 Å². The van der Waals surface area contributed by atoms with Gasteiger partial charge in [0.2, 0.25) is 21.8 Å². The minimum absolute atomic E-state index is 0.0717. The molecule has 4 rings (SSSR count). The Bertz CT molecular complexity index is 1130. The Hall–Kier alpha value is -2.23. The number of amides is 2. The lowest BCUT2D eigenvalue weighted by Gasteiger charge is -2.24. The van der Waals surface area contributed by atoms with Gasteiger partial charge in [0.15, 0.2) is 0 Å². The molecule has 1 fully saturated rings. The van der Waals surface area contributed by atoms with E-state index in [4.69, 9.17) is 0 Å². The van der Waals surface area contributed by atoms with Crippen LogP contribution in [0.4, 0.5) is 11.4 Å². The minimum atomic E-state index is -3.83. The van der Waals surface area contributed by atoms with E-state index >= 15 is 0 Å². The fourth-order valence-electron chi connectivity index (χ4n) is 3.89. The number of hydrogen-bond acceptors (Lipinski definition) is 4. The van der Waals surface area contributed by atoms with Crippen LogP contribution in [0, 0.1) is 6.92 Å². The molecule has 9 heteroatoms. The molecule has 2 heterocycles. The maximum Gasteiger partial charge on any atom is 0.243 e. The summed E-state index contributed by atoms with van der Waals surface area (Å²) >= 11 is 3.43. The maximum absolute atomic E-state index is 13.3. The van der Waals surface area contributed by atoms with Crippen molar-refractivity contribution in [3.8, 4) is 0 Å². The van der Waals surface area contributed by atoms with Crippen molar-refractivity contribution in [1.29, 1.82) is 0 Å². The van der Waals surface area contributed by atoms with Crippen LogP contribution in [-0.2, 0) is 26.0 Å². The summed E-state index contributed by atoms with van der Waals surface area (Å²) in [7, 11) is -3.83. The van der Waals surface area contributed by atoms with Crippen LogP contribution < -0.4 is 10.6 Å². The average Bonchev–Trinajstić information content (AvgIpc) is 3.21. The predicted octanol–water partition coefficient (Wildman–Crippen LogP) is 3.43. The quantitative estimate of drug-likeness (QED) is 0.684. The van der Waals surface area contributed by atoms with Crippen LogP contribution in [0.3, 0.4) is 0 Å². The number of rotatable bonds is 4. The molecule has 0 aliphatic carbocycles. The first kappa shape index (κ1) is 21.0. The van der Waals surface area contributed by atoms with Crippen molar-refractivity contribution >= 4 is 49.1 Å². The molecule has 0 spiro atoms. The summed E-state index contributed by atoms with van der Waals surface area (Å²) in [5.74, 6) is -0.402. The topological polar surface area (TPSA) is 95.6 Å². The van der Waals surface area contributed by atoms with Crippen molar-refractivity contribution in [1.82, 2.24) is 4.31 Å². The highest BCUT2D eigenvalue weighted by Crippen LogP contribution is 2.31. The van der Waals surface area contributed by atoms with Crippen LogP contribution >= 0.6 is 15.9 Å². The number of halogens is 1. The van der Waals surface area contributed by atoms with E-state index in [1.54, 1.807) is 18.2 Å². The molecule has 1 atom stereocenters. The fraction of sp³-hybridized carbons (Fsp3) is 0.333. The van der Waals surface area contributed by atoms with Crippen LogP contribution in [0.5, 0.6) is 0 Å². The molecule has 2 aliphatic rings. The third-order valence-corrected chi connectivity index (χ3v) is 8.30. The number of fused-ring (bicyclic) bond motifs is 1. The highest BCUT2D eigenvalue weighted by Gasteiger charge is 2.39. The minimum Gasteiger partial charge on any atom is -0.326 e. The first-order valence-corrected chi connectivity index (χ1v) is 12.0. The summed E-state index contributed by atoms with van der Waals surface area (Å²) in [6, 6.07) is 9.43. The normalized spacial score (nSPS) is 19.3. The summed E-state index contributed by atoms with van der Waals surface area (Å²) in [6.07, 6.45) is 1.93. The van der Waals surface area contributed by atoms with Gasteiger partial charge in [0.05, 0.1) is 4.90 Å². The molecule has 2 amide bonds. The van der Waals surface area contributed by atoms with Gasteiger partial charge in [-0.05, 0) is 73.7 Å². The number of sulfonamides is 1. The highest BCUT2D eigenvalue weighted by molar-refractivity contribution is 9.10. The number of nitrogens with one attached hydrogen (secondary N) is 2. The SMILES string of the molecule is Cc1cc(NC(=O)C2CCCN2S(=O)(=O)c2ccc3c(c2)CCC(=O)N3)ccc1Br. The van der Waals surface area contributed by atoms with Gasteiger partial charge in [-0.25, -0.2) is 8.42 Å². The second kappa shape index (κ2) is 8.13. The van der Waals surface area contributed by atoms with E-state index in [1.165, 1.54) is 10.4 Å². The number of hydrogen-bond donors (Lipinski definition) is 2. The molecule has 7 nitrogen and oxygen atoms in total. The second-order valence-electron chi connectivity index (χ2n) is 7.59. The van der Waals surface area contributed by atoms with Crippen LogP contribution in [0.1, 0.15) is 30.4 Å². The maximum atomic E-state index is 13.3. The van der Waals surface area contributed by atoms with Gasteiger partial charge in [-0.2, -0.15) is 4.31 Å². The zero-order chi connectivity index (χ0) is 21.5. The summed E-state index contributed by atoms with van der Waals surface area (Å²) in [5, 5.41) is 5.60. The van der Waals surface area contributed by atoms with Crippen LogP contribution in [0.25, 0.3) is 0 Å². The van der Waals surface area contributed by atoms with Gasteiger partial charge in [0.25, 0.3) is 0 Å². The second-order valence-corrected chi connectivity index (χ2v) is 10.3. The van der Waals surface area contributed by atoms with Crippen molar-refractivity contribution in [3.63, 3.8) is 0 Å². The lowest BCUT2D eigenvalue weighted by molar-refractivity contribution is -0.119. The van der Waals surface area contributed by atoms with Gasteiger partial charge in [-0.3, -0.25) is 9.59 Å². The van der Waals surface area contributed by atoms with E-state index in [-0.39, 0.29) is 16.7 Å². The van der Waals surface area contributed by atoms with Gasteiger partial charge >= 0.3 is 0 Å². The average molecular weight is 492 g/mol. The van der Waals surface area contributed by atoms with Crippen molar-refractivity contribution in [2.45, 2.75) is 43.5 Å². The molecule has 0 radical (unpaired) electrons. The molecule has 2 aromatic rings. The third kappa shape index (κ3) is 4.01. The fourth-order valence-corrected chi connectivity index (χ4v) is 5.85. The molecule has 0 aromatic heterocycles. The predicted molar refractivity (Wildman–Crippen MR) is 118 cm³/mol. The first-order chi connectivity index (χ1) is 14.3. The summed E-state index contributed by atoms with van der Waals surface area (Å²) in [4.78, 5) is 24.6. The van der Waals surface area contributed by atoms with Crippen molar-refractivity contribution < 1.29 is 18.0 Å².